The number of aliphatic imine (C=N–C) groups is 1. The van der Waals surface area contributed by atoms with E-state index in [-0.39, 0.29) is 12.5 Å². The van der Waals surface area contributed by atoms with E-state index in [1.807, 2.05) is 0 Å². The van der Waals surface area contributed by atoms with Crippen molar-refractivity contribution < 1.29 is 9.53 Å². The smallest absolute Gasteiger partial charge is 0.243 e. The number of nitrogens with one attached hydrogen (secondary N) is 2. The molecule has 2 fully saturated rings. The van der Waals surface area contributed by atoms with Crippen LogP contribution in [0.4, 0.5) is 5.69 Å². The summed E-state index contributed by atoms with van der Waals surface area (Å²) in [7, 11) is 3.53. The standard InChI is InChI=1S/C23H38N6O2/c1-27(2)22(30)19-25-23(24-11-6-12-28-15-17-31-18-16-28)26-20-9-13-29(14-10-20)21-7-4-3-5-8-21/h3-5,7-8,20H,6,9-19H2,1-2H3,(H2,24,25,26). The van der Waals surface area contributed by atoms with Gasteiger partial charge in [0.2, 0.25) is 5.91 Å². The normalized spacial score (nSPS) is 18.6. The SMILES string of the molecule is CN(C)C(=O)CN=C(NCCCN1CCOCC1)NC1CCN(c2ccccc2)CC1. The molecule has 1 amide bonds. The molecule has 2 heterocycles. The van der Waals surface area contributed by atoms with Crippen LogP contribution in [0.25, 0.3) is 0 Å². The Bertz CT molecular complexity index is 683. The lowest BCUT2D eigenvalue weighted by Crippen LogP contribution is -2.49. The number of hydrogen-bond acceptors (Lipinski definition) is 5. The third-order valence-corrected chi connectivity index (χ3v) is 5.88. The van der Waals surface area contributed by atoms with E-state index >= 15 is 0 Å². The Hall–Kier alpha value is -2.32. The Labute approximate surface area is 186 Å². The topological polar surface area (TPSA) is 72.4 Å². The van der Waals surface area contributed by atoms with Gasteiger partial charge in [-0.25, -0.2) is 4.99 Å². The van der Waals surface area contributed by atoms with Crippen LogP contribution in [0, 0.1) is 0 Å². The van der Waals surface area contributed by atoms with Crippen molar-refractivity contribution in [1.82, 2.24) is 20.4 Å². The number of nitrogens with zero attached hydrogens (tertiary/aromatic N) is 4. The van der Waals surface area contributed by atoms with E-state index in [1.165, 1.54) is 5.69 Å². The lowest BCUT2D eigenvalue weighted by atomic mass is 10.0. The number of anilines is 1. The van der Waals surface area contributed by atoms with E-state index in [1.54, 1.807) is 19.0 Å². The van der Waals surface area contributed by atoms with E-state index in [9.17, 15) is 4.79 Å². The zero-order valence-corrected chi connectivity index (χ0v) is 19.1. The second-order valence-corrected chi connectivity index (χ2v) is 8.43. The first-order chi connectivity index (χ1) is 15.1. The number of carbonyl (C=O) groups excluding carboxylic acids is 1. The van der Waals surface area contributed by atoms with E-state index in [0.29, 0.717) is 6.04 Å². The zero-order chi connectivity index (χ0) is 21.9. The first kappa shape index (κ1) is 23.3. The van der Waals surface area contributed by atoms with Crippen LogP contribution < -0.4 is 15.5 Å². The van der Waals surface area contributed by atoms with Crippen LogP contribution in [-0.4, -0.2) is 101 Å². The van der Waals surface area contributed by atoms with Gasteiger partial charge in [0.15, 0.2) is 5.96 Å². The fraction of sp³-hybridized carbons (Fsp3) is 0.652. The van der Waals surface area contributed by atoms with Gasteiger partial charge in [-0.15, -0.1) is 0 Å². The fourth-order valence-corrected chi connectivity index (χ4v) is 3.89. The van der Waals surface area contributed by atoms with Gasteiger partial charge in [0.1, 0.15) is 6.54 Å². The van der Waals surface area contributed by atoms with Gasteiger partial charge in [0.05, 0.1) is 13.2 Å². The molecule has 1 aromatic rings. The van der Waals surface area contributed by atoms with Crippen LogP contribution in [0.2, 0.25) is 0 Å². The average Bonchev–Trinajstić information content (AvgIpc) is 2.81. The molecule has 2 aliphatic rings. The van der Waals surface area contributed by atoms with Gasteiger partial charge in [-0.05, 0) is 37.9 Å². The van der Waals surface area contributed by atoms with Crippen molar-refractivity contribution in [2.45, 2.75) is 25.3 Å². The predicted molar refractivity (Wildman–Crippen MR) is 126 cm³/mol. The summed E-state index contributed by atoms with van der Waals surface area (Å²) in [6, 6.07) is 10.9. The molecule has 0 atom stereocenters. The highest BCUT2D eigenvalue weighted by Crippen LogP contribution is 2.19. The number of hydrogen-bond donors (Lipinski definition) is 2. The van der Waals surface area contributed by atoms with Crippen molar-refractivity contribution in [3.63, 3.8) is 0 Å². The second-order valence-electron chi connectivity index (χ2n) is 8.43. The first-order valence-corrected chi connectivity index (χ1v) is 11.5. The largest absolute Gasteiger partial charge is 0.379 e. The van der Waals surface area contributed by atoms with E-state index in [0.717, 1.165) is 77.7 Å². The molecule has 2 saturated heterocycles. The number of para-hydroxylation sites is 1. The molecular formula is C23H38N6O2. The van der Waals surface area contributed by atoms with Gasteiger partial charge in [0, 0.05) is 58.5 Å². The van der Waals surface area contributed by atoms with Crippen LogP contribution >= 0.6 is 0 Å². The Morgan fingerprint density at radius 3 is 2.52 bits per heavy atom. The molecule has 2 aliphatic heterocycles. The predicted octanol–water partition coefficient (Wildman–Crippen LogP) is 1.00. The summed E-state index contributed by atoms with van der Waals surface area (Å²) in [5.74, 6) is 0.753. The molecule has 0 spiro atoms. The summed E-state index contributed by atoms with van der Waals surface area (Å²) in [6.45, 7) is 7.76. The number of carbonyl (C=O) groups is 1. The average molecular weight is 431 g/mol. The van der Waals surface area contributed by atoms with Crippen molar-refractivity contribution in [2.24, 2.45) is 4.99 Å². The molecule has 31 heavy (non-hydrogen) atoms. The Kier molecular flexibility index (Phi) is 9.42. The molecule has 0 unspecified atom stereocenters. The van der Waals surface area contributed by atoms with Gasteiger partial charge in [-0.3, -0.25) is 9.69 Å². The quantitative estimate of drug-likeness (QED) is 0.364. The number of guanidine groups is 1. The molecule has 0 saturated carbocycles. The maximum absolute atomic E-state index is 12.0. The number of ether oxygens (including phenoxy) is 1. The molecule has 172 valence electrons. The number of benzene rings is 1. The maximum atomic E-state index is 12.0. The number of rotatable bonds is 8. The highest BCUT2D eigenvalue weighted by molar-refractivity contribution is 5.84. The first-order valence-electron chi connectivity index (χ1n) is 11.5. The molecular weight excluding hydrogens is 392 g/mol. The highest BCUT2D eigenvalue weighted by atomic mass is 16.5. The highest BCUT2D eigenvalue weighted by Gasteiger charge is 2.20. The van der Waals surface area contributed by atoms with E-state index in [2.05, 4.69) is 55.8 Å². The fourth-order valence-electron chi connectivity index (χ4n) is 3.89. The zero-order valence-electron chi connectivity index (χ0n) is 19.1. The van der Waals surface area contributed by atoms with Gasteiger partial charge >= 0.3 is 0 Å². The lowest BCUT2D eigenvalue weighted by Gasteiger charge is -2.34. The molecule has 0 aromatic heterocycles. The number of piperidine rings is 1. The molecule has 0 bridgehead atoms. The number of likely N-dealkylation sites (N-methyl/N-ethyl adjacent to an activating group) is 1. The monoisotopic (exact) mass is 430 g/mol. The van der Waals surface area contributed by atoms with Crippen LogP contribution in [0.5, 0.6) is 0 Å². The van der Waals surface area contributed by atoms with E-state index < -0.39 is 0 Å². The van der Waals surface area contributed by atoms with Gasteiger partial charge < -0.3 is 25.2 Å². The Morgan fingerprint density at radius 1 is 1.13 bits per heavy atom. The van der Waals surface area contributed by atoms with Crippen molar-refractivity contribution >= 4 is 17.6 Å². The lowest BCUT2D eigenvalue weighted by molar-refractivity contribution is -0.127. The Balaban J connectivity index is 1.46. The molecule has 0 aliphatic carbocycles. The van der Waals surface area contributed by atoms with Crippen LogP contribution in [0.1, 0.15) is 19.3 Å². The van der Waals surface area contributed by atoms with Crippen molar-refractivity contribution in [1.29, 1.82) is 0 Å². The summed E-state index contributed by atoms with van der Waals surface area (Å²) in [5.41, 5.74) is 1.28. The molecule has 2 N–H and O–H groups in total. The Morgan fingerprint density at radius 2 is 1.84 bits per heavy atom. The summed E-state index contributed by atoms with van der Waals surface area (Å²) >= 11 is 0. The molecule has 3 rings (SSSR count). The van der Waals surface area contributed by atoms with Gasteiger partial charge in [-0.1, -0.05) is 18.2 Å². The van der Waals surface area contributed by atoms with Crippen molar-refractivity contribution in [2.75, 3.05) is 78.0 Å². The maximum Gasteiger partial charge on any atom is 0.243 e. The third-order valence-electron chi connectivity index (χ3n) is 5.88. The third kappa shape index (κ3) is 8.03. The number of morpholine rings is 1. The van der Waals surface area contributed by atoms with Crippen LogP contribution in [-0.2, 0) is 9.53 Å². The minimum atomic E-state index is 0.00770. The summed E-state index contributed by atoms with van der Waals surface area (Å²) in [4.78, 5) is 23.0. The molecule has 8 heteroatoms. The summed E-state index contributed by atoms with van der Waals surface area (Å²) < 4.78 is 5.41. The molecule has 8 nitrogen and oxygen atoms in total. The molecule has 0 radical (unpaired) electrons. The minimum Gasteiger partial charge on any atom is -0.379 e. The summed E-state index contributed by atoms with van der Waals surface area (Å²) in [5, 5.41) is 7.01. The van der Waals surface area contributed by atoms with Crippen LogP contribution in [0.3, 0.4) is 0 Å². The van der Waals surface area contributed by atoms with E-state index in [4.69, 9.17) is 4.74 Å². The van der Waals surface area contributed by atoms with Crippen molar-refractivity contribution in [3.05, 3.63) is 30.3 Å². The number of amides is 1. The van der Waals surface area contributed by atoms with Gasteiger partial charge in [0.25, 0.3) is 0 Å². The second kappa shape index (κ2) is 12.5. The van der Waals surface area contributed by atoms with Crippen LogP contribution in [0.15, 0.2) is 35.3 Å². The van der Waals surface area contributed by atoms with Crippen molar-refractivity contribution in [3.8, 4) is 0 Å². The minimum absolute atomic E-state index is 0.00770. The summed E-state index contributed by atoms with van der Waals surface area (Å²) in [6.07, 6.45) is 3.13. The van der Waals surface area contributed by atoms with Gasteiger partial charge in [-0.2, -0.15) is 0 Å². The molecule has 1 aromatic carbocycles.